The predicted molar refractivity (Wildman–Crippen MR) is 99.4 cm³/mol. The molecule has 1 aromatic heterocycles. The molecule has 3 aromatic rings. The Bertz CT molecular complexity index is 833. The number of benzene rings is 2. The molecule has 0 N–H and O–H groups in total. The summed E-state index contributed by atoms with van der Waals surface area (Å²) in [5, 5.41) is 16.5. The Balaban J connectivity index is 1.56. The Morgan fingerprint density at radius 1 is 0.885 bits per heavy atom. The van der Waals surface area contributed by atoms with E-state index in [1.165, 1.54) is 5.56 Å². The maximum absolute atomic E-state index is 12.3. The van der Waals surface area contributed by atoms with Crippen LogP contribution in [0.5, 0.6) is 0 Å². The molecular weight excluding hydrogens is 324 g/mol. The molecule has 0 bridgehead atoms. The smallest absolute Gasteiger partial charge is 0.214 e. The summed E-state index contributed by atoms with van der Waals surface area (Å²) >= 11 is 0. The molecule has 3 rings (SSSR count). The quantitative estimate of drug-likeness (QED) is 0.272. The first kappa shape index (κ1) is 17.8. The molecule has 0 aliphatic heterocycles. The van der Waals surface area contributed by atoms with Crippen LogP contribution in [-0.4, -0.2) is 12.5 Å². The first-order valence-corrected chi connectivity index (χ1v) is 8.75. The molecule has 0 saturated heterocycles. The summed E-state index contributed by atoms with van der Waals surface area (Å²) in [5.41, 5.74) is 2.74. The summed E-state index contributed by atoms with van der Waals surface area (Å²) in [4.78, 5) is 0. The van der Waals surface area contributed by atoms with Gasteiger partial charge in [0, 0.05) is 25.2 Å². The third-order valence-corrected chi connectivity index (χ3v) is 3.97. The minimum absolute atomic E-state index is 0.247. The van der Waals surface area contributed by atoms with Crippen LogP contribution in [-0.2, 0) is 17.8 Å². The molecule has 0 aliphatic rings. The molecular formula is C22H22N2O2. The van der Waals surface area contributed by atoms with Crippen molar-refractivity contribution in [2.75, 3.05) is 6.61 Å². The van der Waals surface area contributed by atoms with Crippen LogP contribution >= 0.6 is 0 Å². The molecule has 0 atom stereocenters. The molecule has 0 fully saturated rings. The molecule has 132 valence electrons. The van der Waals surface area contributed by atoms with Gasteiger partial charge < -0.3 is 9.84 Å². The van der Waals surface area contributed by atoms with Crippen molar-refractivity contribution in [1.29, 1.82) is 0 Å². The second kappa shape index (κ2) is 9.49. The molecule has 0 aliphatic carbocycles. The van der Waals surface area contributed by atoms with Crippen LogP contribution in [0.1, 0.15) is 23.2 Å². The summed E-state index contributed by atoms with van der Waals surface area (Å²) in [7, 11) is 0. The van der Waals surface area contributed by atoms with Crippen molar-refractivity contribution < 1.29 is 14.5 Å². The molecule has 4 nitrogen and oxygen atoms in total. The zero-order valence-electron chi connectivity index (χ0n) is 14.6. The summed E-state index contributed by atoms with van der Waals surface area (Å²) in [5.74, 6) is -0.247. The van der Waals surface area contributed by atoms with Gasteiger partial charge in [-0.05, 0) is 28.7 Å². The fraction of sp³-hybridized carbons (Fsp3) is 0.182. The van der Waals surface area contributed by atoms with Crippen LogP contribution in [0.15, 0.2) is 90.2 Å². The molecule has 0 amide bonds. The first-order chi connectivity index (χ1) is 12.8. The van der Waals surface area contributed by atoms with Crippen molar-refractivity contribution in [3.8, 4) is 0 Å². The zero-order chi connectivity index (χ0) is 18.0. The zero-order valence-corrected chi connectivity index (χ0v) is 14.6. The van der Waals surface area contributed by atoms with Crippen molar-refractivity contribution in [2.24, 2.45) is 5.10 Å². The third-order valence-electron chi connectivity index (χ3n) is 3.97. The maximum Gasteiger partial charge on any atom is 0.214 e. The van der Waals surface area contributed by atoms with Gasteiger partial charge >= 0.3 is 0 Å². The van der Waals surface area contributed by atoms with Crippen LogP contribution < -0.4 is 9.78 Å². The average molecular weight is 346 g/mol. The topological polar surface area (TPSA) is 48.5 Å². The number of hydrogen-bond donors (Lipinski definition) is 0. The lowest BCUT2D eigenvalue weighted by Crippen LogP contribution is -2.37. The average Bonchev–Trinajstić information content (AvgIpc) is 2.70. The van der Waals surface area contributed by atoms with Crippen molar-refractivity contribution >= 4 is 5.90 Å². The molecule has 0 unspecified atom stereocenters. The molecule has 4 heteroatoms. The Morgan fingerprint density at radius 3 is 2.35 bits per heavy atom. The number of hydrogen-bond acceptors (Lipinski definition) is 3. The molecule has 2 aromatic carbocycles. The van der Waals surface area contributed by atoms with Gasteiger partial charge in [-0.25, -0.2) is 0 Å². The highest BCUT2D eigenvalue weighted by molar-refractivity contribution is 5.89. The van der Waals surface area contributed by atoms with E-state index in [1.807, 2.05) is 54.6 Å². The Kier molecular flexibility index (Phi) is 6.51. The fourth-order valence-electron chi connectivity index (χ4n) is 2.62. The van der Waals surface area contributed by atoms with Crippen LogP contribution in [0, 0.1) is 0 Å². The number of pyridine rings is 1. The van der Waals surface area contributed by atoms with Crippen LogP contribution in [0.3, 0.4) is 0 Å². The van der Waals surface area contributed by atoms with Gasteiger partial charge in [-0.3, -0.25) is 0 Å². The van der Waals surface area contributed by atoms with E-state index in [4.69, 9.17) is 4.74 Å². The van der Waals surface area contributed by atoms with Gasteiger partial charge in [0.25, 0.3) is 0 Å². The highest BCUT2D eigenvalue weighted by Gasteiger charge is 2.09. The van der Waals surface area contributed by atoms with Gasteiger partial charge in [0.2, 0.25) is 11.9 Å². The largest absolute Gasteiger partial charge is 0.854 e. The van der Waals surface area contributed by atoms with E-state index < -0.39 is 0 Å². The normalized spacial score (nSPS) is 11.5. The van der Waals surface area contributed by atoms with Crippen molar-refractivity contribution in [3.63, 3.8) is 0 Å². The third kappa shape index (κ3) is 5.26. The highest BCUT2D eigenvalue weighted by atomic mass is 16.5. The first-order valence-electron chi connectivity index (χ1n) is 8.75. The highest BCUT2D eigenvalue weighted by Crippen LogP contribution is 2.03. The fourth-order valence-corrected chi connectivity index (χ4v) is 2.62. The van der Waals surface area contributed by atoms with Gasteiger partial charge in [0.05, 0.1) is 12.5 Å². The Labute approximate surface area is 154 Å². The summed E-state index contributed by atoms with van der Waals surface area (Å²) in [6, 6.07) is 25.0. The predicted octanol–water partition coefficient (Wildman–Crippen LogP) is 2.69. The van der Waals surface area contributed by atoms with Crippen molar-refractivity contribution in [3.05, 3.63) is 102 Å². The minimum Gasteiger partial charge on any atom is -0.854 e. The number of ether oxygens (including phenoxy) is 1. The van der Waals surface area contributed by atoms with E-state index in [2.05, 4.69) is 17.2 Å². The molecule has 0 saturated carbocycles. The van der Waals surface area contributed by atoms with E-state index >= 15 is 0 Å². The summed E-state index contributed by atoms with van der Waals surface area (Å²) in [6.07, 6.45) is 3.47. The van der Waals surface area contributed by atoms with Crippen LogP contribution in [0.25, 0.3) is 0 Å². The number of nitrogens with zero attached hydrogens (tertiary/aromatic N) is 2. The Hall–Kier alpha value is -2.98. The van der Waals surface area contributed by atoms with E-state index in [1.54, 1.807) is 23.0 Å². The lowest BCUT2D eigenvalue weighted by molar-refractivity contribution is -0.689. The summed E-state index contributed by atoms with van der Waals surface area (Å²) in [6.45, 7) is 1.28. The van der Waals surface area contributed by atoms with Gasteiger partial charge in [0.15, 0.2) is 0 Å². The standard InChI is InChI=1S/C22H22N2O2/c25-22(20-12-5-2-6-13-20)23-24-16-8-7-14-21(24)15-9-17-26-18-19-10-3-1-4-11-19/h1-8,10-14,16H,9,15,17-18H2. The van der Waals surface area contributed by atoms with Crippen molar-refractivity contribution in [1.82, 2.24) is 0 Å². The molecule has 0 radical (unpaired) electrons. The van der Waals surface area contributed by atoms with E-state index in [0.29, 0.717) is 18.8 Å². The Morgan fingerprint density at radius 2 is 1.58 bits per heavy atom. The van der Waals surface area contributed by atoms with Gasteiger partial charge in [-0.15, -0.1) is 0 Å². The molecule has 0 spiro atoms. The van der Waals surface area contributed by atoms with E-state index in [0.717, 1.165) is 18.5 Å². The van der Waals surface area contributed by atoms with Gasteiger partial charge in [-0.1, -0.05) is 65.3 Å². The monoisotopic (exact) mass is 346 g/mol. The van der Waals surface area contributed by atoms with Crippen LogP contribution in [0.4, 0.5) is 0 Å². The van der Waals surface area contributed by atoms with Gasteiger partial charge in [0.1, 0.15) is 0 Å². The number of rotatable bonds is 8. The van der Waals surface area contributed by atoms with E-state index in [-0.39, 0.29) is 5.90 Å². The number of aromatic nitrogens is 1. The second-order valence-electron chi connectivity index (χ2n) is 5.95. The van der Waals surface area contributed by atoms with Crippen LogP contribution in [0.2, 0.25) is 0 Å². The molecule has 1 heterocycles. The molecule has 26 heavy (non-hydrogen) atoms. The van der Waals surface area contributed by atoms with Gasteiger partial charge in [-0.2, -0.15) is 0 Å². The lowest BCUT2D eigenvalue weighted by atomic mass is 10.2. The SMILES string of the molecule is [O-]/C(=N/[n+]1ccccc1CCCOCc1ccccc1)c1ccccc1. The minimum atomic E-state index is -0.247. The number of aryl methyl sites for hydroxylation is 1. The lowest BCUT2D eigenvalue weighted by Gasteiger charge is -2.07. The second-order valence-corrected chi connectivity index (χ2v) is 5.95. The van der Waals surface area contributed by atoms with Crippen molar-refractivity contribution in [2.45, 2.75) is 19.4 Å². The summed E-state index contributed by atoms with van der Waals surface area (Å²) < 4.78 is 7.38. The van der Waals surface area contributed by atoms with E-state index in [9.17, 15) is 5.11 Å². The maximum atomic E-state index is 12.3.